The molecule has 1 heterocycles. The predicted octanol–water partition coefficient (Wildman–Crippen LogP) is 4.36. The molecule has 0 bridgehead atoms. The third kappa shape index (κ3) is 2.79. The van der Waals surface area contributed by atoms with E-state index < -0.39 is 5.97 Å². The van der Waals surface area contributed by atoms with Crippen molar-refractivity contribution in [2.24, 2.45) is 0 Å². The number of nitrogens with zero attached hydrogens (tertiary/aromatic N) is 2. The minimum absolute atomic E-state index is 0.193. The Kier molecular flexibility index (Phi) is 4.17. The standard InChI is InChI=1S/C15H14Br2N2O2/c16-9-6-7-11(17)13(8-9)19-12-5-3-1-2-4-10(12)14(18-19)15(20)21/h6-8H,1-5H2,(H,20,21). The molecule has 21 heavy (non-hydrogen) atoms. The first-order valence-electron chi connectivity index (χ1n) is 6.87. The van der Waals surface area contributed by atoms with Gasteiger partial charge in [-0.2, -0.15) is 5.10 Å². The number of carboxylic acid groups (broad SMARTS) is 1. The molecule has 1 aliphatic carbocycles. The molecule has 0 spiro atoms. The smallest absolute Gasteiger partial charge is 0.356 e. The minimum Gasteiger partial charge on any atom is -0.476 e. The first kappa shape index (κ1) is 14.8. The second-order valence-electron chi connectivity index (χ2n) is 5.15. The monoisotopic (exact) mass is 412 g/mol. The van der Waals surface area contributed by atoms with Gasteiger partial charge in [0.15, 0.2) is 5.69 Å². The van der Waals surface area contributed by atoms with Crippen molar-refractivity contribution in [2.75, 3.05) is 0 Å². The van der Waals surface area contributed by atoms with Crippen molar-refractivity contribution in [1.82, 2.24) is 9.78 Å². The van der Waals surface area contributed by atoms with Gasteiger partial charge in [0, 0.05) is 20.2 Å². The molecule has 0 aliphatic heterocycles. The molecular weight excluding hydrogens is 400 g/mol. The zero-order valence-electron chi connectivity index (χ0n) is 11.3. The number of halogens is 2. The van der Waals surface area contributed by atoms with Crippen LogP contribution < -0.4 is 0 Å². The number of carbonyl (C=O) groups is 1. The fourth-order valence-electron chi connectivity index (χ4n) is 2.79. The molecule has 0 atom stereocenters. The first-order chi connectivity index (χ1) is 10.1. The number of hydrogen-bond donors (Lipinski definition) is 1. The molecule has 0 saturated carbocycles. The number of benzene rings is 1. The molecule has 1 aromatic heterocycles. The summed E-state index contributed by atoms with van der Waals surface area (Å²) in [5.74, 6) is -0.946. The lowest BCUT2D eigenvalue weighted by atomic mass is 10.1. The molecule has 0 radical (unpaired) electrons. The summed E-state index contributed by atoms with van der Waals surface area (Å²) in [4.78, 5) is 11.5. The van der Waals surface area contributed by atoms with Crippen LogP contribution in [-0.2, 0) is 12.8 Å². The van der Waals surface area contributed by atoms with E-state index in [1.54, 1.807) is 4.68 Å². The van der Waals surface area contributed by atoms with Crippen molar-refractivity contribution in [3.05, 3.63) is 44.1 Å². The highest BCUT2D eigenvalue weighted by Gasteiger charge is 2.25. The highest BCUT2D eigenvalue weighted by atomic mass is 79.9. The van der Waals surface area contributed by atoms with Crippen LogP contribution in [0.3, 0.4) is 0 Å². The van der Waals surface area contributed by atoms with Crippen LogP contribution in [0.5, 0.6) is 0 Å². The van der Waals surface area contributed by atoms with Crippen LogP contribution in [0.15, 0.2) is 27.1 Å². The number of aromatic carboxylic acids is 1. The van der Waals surface area contributed by atoms with E-state index in [1.165, 1.54) is 0 Å². The Morgan fingerprint density at radius 3 is 2.71 bits per heavy atom. The van der Waals surface area contributed by atoms with E-state index in [0.29, 0.717) is 0 Å². The summed E-state index contributed by atoms with van der Waals surface area (Å²) in [6.45, 7) is 0. The van der Waals surface area contributed by atoms with Crippen LogP contribution in [0, 0.1) is 0 Å². The topological polar surface area (TPSA) is 55.1 Å². The van der Waals surface area contributed by atoms with Crippen LogP contribution in [0.4, 0.5) is 0 Å². The van der Waals surface area contributed by atoms with Crippen molar-refractivity contribution in [3.8, 4) is 5.69 Å². The van der Waals surface area contributed by atoms with Gasteiger partial charge in [0.25, 0.3) is 0 Å². The van der Waals surface area contributed by atoms with Crippen LogP contribution >= 0.6 is 31.9 Å². The van der Waals surface area contributed by atoms with E-state index in [4.69, 9.17) is 0 Å². The SMILES string of the molecule is O=C(O)c1nn(-c2cc(Br)ccc2Br)c2c1CCCCC2. The zero-order valence-corrected chi connectivity index (χ0v) is 14.4. The lowest BCUT2D eigenvalue weighted by Gasteiger charge is -2.10. The maximum atomic E-state index is 11.5. The van der Waals surface area contributed by atoms with E-state index >= 15 is 0 Å². The molecule has 6 heteroatoms. The molecule has 3 rings (SSSR count). The molecule has 0 saturated heterocycles. The quantitative estimate of drug-likeness (QED) is 0.744. The van der Waals surface area contributed by atoms with Gasteiger partial charge in [-0.3, -0.25) is 0 Å². The van der Waals surface area contributed by atoms with E-state index in [2.05, 4.69) is 37.0 Å². The van der Waals surface area contributed by atoms with E-state index in [0.717, 1.165) is 58.0 Å². The lowest BCUT2D eigenvalue weighted by molar-refractivity contribution is 0.0688. The second-order valence-corrected chi connectivity index (χ2v) is 6.92. The van der Waals surface area contributed by atoms with Gasteiger partial charge in [0.05, 0.1) is 5.69 Å². The van der Waals surface area contributed by atoms with Crippen LogP contribution in [0.25, 0.3) is 5.69 Å². The average Bonchev–Trinajstić information content (AvgIpc) is 2.64. The number of aromatic nitrogens is 2. The molecule has 1 aliphatic rings. The Morgan fingerprint density at radius 2 is 1.95 bits per heavy atom. The summed E-state index contributed by atoms with van der Waals surface area (Å²) in [5, 5.41) is 13.8. The summed E-state index contributed by atoms with van der Waals surface area (Å²) in [7, 11) is 0. The molecule has 1 aromatic carbocycles. The summed E-state index contributed by atoms with van der Waals surface area (Å²) in [5.41, 5.74) is 2.99. The Labute approximate surface area is 139 Å². The molecule has 1 N–H and O–H groups in total. The fourth-order valence-corrected chi connectivity index (χ4v) is 3.56. The Bertz CT molecular complexity index is 710. The summed E-state index contributed by atoms with van der Waals surface area (Å²) in [6.07, 6.45) is 4.90. The molecule has 2 aromatic rings. The molecular formula is C15H14Br2N2O2. The largest absolute Gasteiger partial charge is 0.476 e. The highest BCUT2D eigenvalue weighted by Crippen LogP contribution is 2.30. The van der Waals surface area contributed by atoms with Gasteiger partial charge in [-0.15, -0.1) is 0 Å². The first-order valence-corrected chi connectivity index (χ1v) is 8.46. The van der Waals surface area contributed by atoms with Crippen molar-refractivity contribution >= 4 is 37.8 Å². The van der Waals surface area contributed by atoms with Crippen LogP contribution in [0.1, 0.15) is 41.0 Å². The summed E-state index contributed by atoms with van der Waals surface area (Å²) >= 11 is 6.99. The number of hydrogen-bond acceptors (Lipinski definition) is 2. The molecule has 0 unspecified atom stereocenters. The molecule has 110 valence electrons. The maximum absolute atomic E-state index is 11.5. The second kappa shape index (κ2) is 5.93. The van der Waals surface area contributed by atoms with Crippen molar-refractivity contribution < 1.29 is 9.90 Å². The number of carboxylic acids is 1. The average molecular weight is 414 g/mol. The van der Waals surface area contributed by atoms with Gasteiger partial charge in [-0.05, 0) is 59.8 Å². The van der Waals surface area contributed by atoms with Gasteiger partial charge in [-0.1, -0.05) is 22.4 Å². The maximum Gasteiger partial charge on any atom is 0.356 e. The number of rotatable bonds is 2. The van der Waals surface area contributed by atoms with E-state index in [1.807, 2.05) is 18.2 Å². The van der Waals surface area contributed by atoms with Crippen molar-refractivity contribution in [1.29, 1.82) is 0 Å². The van der Waals surface area contributed by atoms with Crippen LogP contribution in [-0.4, -0.2) is 20.9 Å². The molecule has 0 fully saturated rings. The summed E-state index contributed by atoms with van der Waals surface area (Å²) < 4.78 is 3.63. The van der Waals surface area contributed by atoms with Gasteiger partial charge in [-0.25, -0.2) is 9.48 Å². The predicted molar refractivity (Wildman–Crippen MR) is 87.2 cm³/mol. The zero-order chi connectivity index (χ0) is 15.0. The third-order valence-electron chi connectivity index (χ3n) is 3.77. The van der Waals surface area contributed by atoms with Gasteiger partial charge in [0.2, 0.25) is 0 Å². The van der Waals surface area contributed by atoms with E-state index in [9.17, 15) is 9.90 Å². The third-order valence-corrected chi connectivity index (χ3v) is 4.93. The Morgan fingerprint density at radius 1 is 1.19 bits per heavy atom. The van der Waals surface area contributed by atoms with Gasteiger partial charge in [0.1, 0.15) is 0 Å². The molecule has 4 nitrogen and oxygen atoms in total. The lowest BCUT2D eigenvalue weighted by Crippen LogP contribution is -2.05. The minimum atomic E-state index is -0.946. The van der Waals surface area contributed by atoms with Gasteiger partial charge >= 0.3 is 5.97 Å². The van der Waals surface area contributed by atoms with Crippen molar-refractivity contribution in [3.63, 3.8) is 0 Å². The Balaban J connectivity index is 2.23. The van der Waals surface area contributed by atoms with Crippen LogP contribution in [0.2, 0.25) is 0 Å². The normalized spacial score (nSPS) is 14.6. The van der Waals surface area contributed by atoms with Crippen molar-refractivity contribution in [2.45, 2.75) is 32.1 Å². The summed E-state index contributed by atoms with van der Waals surface area (Å²) in [6, 6.07) is 5.83. The molecule has 0 amide bonds. The Hall–Kier alpha value is -1.14. The highest BCUT2D eigenvalue weighted by molar-refractivity contribution is 9.11. The van der Waals surface area contributed by atoms with E-state index in [-0.39, 0.29) is 5.69 Å². The fraction of sp³-hybridized carbons (Fsp3) is 0.333. The van der Waals surface area contributed by atoms with Gasteiger partial charge < -0.3 is 5.11 Å². The number of fused-ring (bicyclic) bond motifs is 1.